The van der Waals surface area contributed by atoms with E-state index in [0.29, 0.717) is 34.0 Å². The number of aryl methyl sites for hydroxylation is 2. The van der Waals surface area contributed by atoms with Crippen molar-refractivity contribution in [1.29, 1.82) is 0 Å². The van der Waals surface area contributed by atoms with Crippen LogP contribution < -0.4 is 10.9 Å². The van der Waals surface area contributed by atoms with E-state index in [2.05, 4.69) is 20.4 Å². The van der Waals surface area contributed by atoms with Gasteiger partial charge in [-0.05, 0) is 43.2 Å². The zero-order chi connectivity index (χ0) is 21.4. The first-order valence-corrected chi connectivity index (χ1v) is 9.51. The van der Waals surface area contributed by atoms with E-state index in [0.717, 1.165) is 0 Å². The number of carbonyl (C=O) groups is 1. The van der Waals surface area contributed by atoms with E-state index in [1.807, 2.05) is 19.9 Å². The van der Waals surface area contributed by atoms with Crippen LogP contribution in [0.2, 0.25) is 0 Å². The lowest BCUT2D eigenvalue weighted by Crippen LogP contribution is -2.31. The summed E-state index contributed by atoms with van der Waals surface area (Å²) in [5.74, 6) is 0.530. The Morgan fingerprint density at radius 1 is 1.20 bits per heavy atom. The van der Waals surface area contributed by atoms with Crippen LogP contribution in [-0.4, -0.2) is 25.6 Å². The third-order valence-electron chi connectivity index (χ3n) is 4.90. The Balaban J connectivity index is 1.66. The monoisotopic (exact) mass is 407 g/mol. The van der Waals surface area contributed by atoms with Crippen molar-refractivity contribution < 1.29 is 13.7 Å². The first-order chi connectivity index (χ1) is 14.3. The summed E-state index contributed by atoms with van der Waals surface area (Å²) in [6.45, 7) is 5.57. The van der Waals surface area contributed by atoms with E-state index in [4.69, 9.17) is 8.94 Å². The maximum atomic E-state index is 12.4. The number of nitrogens with one attached hydrogen (secondary N) is 1. The Hall–Kier alpha value is -3.75. The third kappa shape index (κ3) is 3.49. The molecule has 0 aliphatic heterocycles. The van der Waals surface area contributed by atoms with Crippen LogP contribution >= 0.6 is 0 Å². The molecule has 9 nitrogen and oxygen atoms in total. The number of benzene rings is 1. The summed E-state index contributed by atoms with van der Waals surface area (Å²) >= 11 is 0. The van der Waals surface area contributed by atoms with E-state index >= 15 is 0 Å². The number of hydrogen-bond acceptors (Lipinski definition) is 7. The number of carbonyl (C=O) groups excluding carboxylic acids is 1. The van der Waals surface area contributed by atoms with Gasteiger partial charge in [0.25, 0.3) is 11.5 Å². The van der Waals surface area contributed by atoms with E-state index in [1.165, 1.54) is 6.26 Å². The maximum Gasteiger partial charge on any atom is 0.287 e. The molecular formula is C21H21N5O4. The lowest BCUT2D eigenvalue weighted by atomic mass is 10.0. The van der Waals surface area contributed by atoms with Gasteiger partial charge in [0.15, 0.2) is 5.76 Å². The van der Waals surface area contributed by atoms with E-state index in [1.54, 1.807) is 42.8 Å². The molecule has 0 aliphatic rings. The average Bonchev–Trinajstić information content (AvgIpc) is 3.42. The summed E-state index contributed by atoms with van der Waals surface area (Å²) in [5.41, 5.74) is 2.34. The summed E-state index contributed by atoms with van der Waals surface area (Å²) in [5, 5.41) is 6.94. The summed E-state index contributed by atoms with van der Waals surface area (Å²) in [7, 11) is 1.71. The molecule has 4 rings (SSSR count). The number of nitrogens with zero attached hydrogens (tertiary/aromatic N) is 4. The molecule has 30 heavy (non-hydrogen) atoms. The minimum Gasteiger partial charge on any atom is -0.459 e. The standard InChI is InChI=1S/C21H21N5O4/c1-11(2)17(23-19(27)16-6-5-9-29-16)20-24-18(25-30-20)13-7-8-15-14(10-13)22-12(3)21(28)26(15)4/h5-11,17H,1-4H3,(H,23,27)/t17-/m1/s1. The molecule has 1 aromatic carbocycles. The lowest BCUT2D eigenvalue weighted by Gasteiger charge is -2.17. The Kier molecular flexibility index (Phi) is 4.94. The lowest BCUT2D eigenvalue weighted by molar-refractivity contribution is 0.0885. The molecule has 3 heterocycles. The van der Waals surface area contributed by atoms with Crippen molar-refractivity contribution in [2.75, 3.05) is 0 Å². The number of rotatable bonds is 5. The Bertz CT molecular complexity index is 1270. The molecule has 0 saturated heterocycles. The highest BCUT2D eigenvalue weighted by molar-refractivity contribution is 5.91. The smallest absolute Gasteiger partial charge is 0.287 e. The molecule has 0 aliphatic carbocycles. The minimum atomic E-state index is -0.481. The molecule has 154 valence electrons. The molecule has 0 saturated carbocycles. The van der Waals surface area contributed by atoms with Crippen molar-refractivity contribution in [3.8, 4) is 11.4 Å². The van der Waals surface area contributed by atoms with Crippen molar-refractivity contribution in [2.24, 2.45) is 13.0 Å². The van der Waals surface area contributed by atoms with E-state index < -0.39 is 6.04 Å². The molecule has 0 radical (unpaired) electrons. The fourth-order valence-electron chi connectivity index (χ4n) is 3.23. The van der Waals surface area contributed by atoms with Crippen LogP contribution in [-0.2, 0) is 7.05 Å². The molecule has 0 unspecified atom stereocenters. The zero-order valence-corrected chi connectivity index (χ0v) is 17.0. The van der Waals surface area contributed by atoms with Crippen LogP contribution in [0.5, 0.6) is 0 Å². The van der Waals surface area contributed by atoms with Gasteiger partial charge in [0.1, 0.15) is 11.7 Å². The summed E-state index contributed by atoms with van der Waals surface area (Å²) in [4.78, 5) is 33.3. The van der Waals surface area contributed by atoms with Crippen LogP contribution in [0.4, 0.5) is 0 Å². The van der Waals surface area contributed by atoms with Crippen LogP contribution in [0.1, 0.15) is 42.0 Å². The Labute approximate surface area is 171 Å². The highest BCUT2D eigenvalue weighted by atomic mass is 16.5. The summed E-state index contributed by atoms with van der Waals surface area (Å²) in [6.07, 6.45) is 1.44. The largest absolute Gasteiger partial charge is 0.459 e. The molecule has 0 spiro atoms. The molecule has 4 aromatic rings. The highest BCUT2D eigenvalue weighted by Gasteiger charge is 2.26. The number of furan rings is 1. The molecule has 3 aromatic heterocycles. The second kappa shape index (κ2) is 7.58. The average molecular weight is 407 g/mol. The van der Waals surface area contributed by atoms with Gasteiger partial charge in [0.05, 0.1) is 17.3 Å². The van der Waals surface area contributed by atoms with Gasteiger partial charge in [-0.25, -0.2) is 4.98 Å². The van der Waals surface area contributed by atoms with Gasteiger partial charge in [-0.1, -0.05) is 19.0 Å². The Morgan fingerprint density at radius 2 is 2.00 bits per heavy atom. The van der Waals surface area contributed by atoms with E-state index in [-0.39, 0.29) is 23.1 Å². The van der Waals surface area contributed by atoms with Crippen molar-refractivity contribution in [3.63, 3.8) is 0 Å². The van der Waals surface area contributed by atoms with Crippen molar-refractivity contribution in [3.05, 3.63) is 64.3 Å². The minimum absolute atomic E-state index is 0.00709. The normalized spacial score (nSPS) is 12.4. The van der Waals surface area contributed by atoms with Gasteiger partial charge in [-0.3, -0.25) is 9.59 Å². The number of aromatic nitrogens is 4. The van der Waals surface area contributed by atoms with Crippen LogP contribution in [0.25, 0.3) is 22.4 Å². The van der Waals surface area contributed by atoms with Gasteiger partial charge >= 0.3 is 0 Å². The zero-order valence-electron chi connectivity index (χ0n) is 17.0. The predicted octanol–water partition coefficient (Wildman–Crippen LogP) is 3.01. The van der Waals surface area contributed by atoms with Crippen LogP contribution in [0, 0.1) is 12.8 Å². The molecular weight excluding hydrogens is 386 g/mol. The van der Waals surface area contributed by atoms with Crippen molar-refractivity contribution in [1.82, 2.24) is 25.0 Å². The fraction of sp³-hybridized carbons (Fsp3) is 0.286. The van der Waals surface area contributed by atoms with Gasteiger partial charge in [0, 0.05) is 12.6 Å². The summed E-state index contributed by atoms with van der Waals surface area (Å²) < 4.78 is 12.2. The Morgan fingerprint density at radius 3 is 2.70 bits per heavy atom. The summed E-state index contributed by atoms with van der Waals surface area (Å²) in [6, 6.07) is 8.17. The molecule has 0 bridgehead atoms. The molecule has 9 heteroatoms. The van der Waals surface area contributed by atoms with Crippen LogP contribution in [0.15, 0.2) is 50.3 Å². The highest BCUT2D eigenvalue weighted by Crippen LogP contribution is 2.25. The molecule has 1 amide bonds. The second-order valence-corrected chi connectivity index (χ2v) is 7.39. The van der Waals surface area contributed by atoms with Crippen molar-refractivity contribution in [2.45, 2.75) is 26.8 Å². The number of hydrogen-bond donors (Lipinski definition) is 1. The number of amides is 1. The van der Waals surface area contributed by atoms with Gasteiger partial charge in [-0.2, -0.15) is 4.98 Å². The third-order valence-corrected chi connectivity index (χ3v) is 4.90. The van der Waals surface area contributed by atoms with Gasteiger partial charge in [-0.15, -0.1) is 0 Å². The van der Waals surface area contributed by atoms with Gasteiger partial charge < -0.3 is 18.8 Å². The van der Waals surface area contributed by atoms with E-state index in [9.17, 15) is 9.59 Å². The number of fused-ring (bicyclic) bond motifs is 1. The topological polar surface area (TPSA) is 116 Å². The quantitative estimate of drug-likeness (QED) is 0.540. The first-order valence-electron chi connectivity index (χ1n) is 9.51. The van der Waals surface area contributed by atoms with Gasteiger partial charge in [0.2, 0.25) is 11.7 Å². The molecule has 1 N–H and O–H groups in total. The molecule has 0 fully saturated rings. The fourth-order valence-corrected chi connectivity index (χ4v) is 3.23. The second-order valence-electron chi connectivity index (χ2n) is 7.39. The predicted molar refractivity (Wildman–Crippen MR) is 109 cm³/mol. The van der Waals surface area contributed by atoms with Crippen molar-refractivity contribution >= 4 is 16.9 Å². The maximum absolute atomic E-state index is 12.4. The molecule has 1 atom stereocenters. The first kappa shape index (κ1) is 19.6. The SMILES string of the molecule is Cc1nc2cc(-c3noc([C@H](NC(=O)c4ccco4)C(C)C)n3)ccc2n(C)c1=O. The van der Waals surface area contributed by atoms with Crippen LogP contribution in [0.3, 0.4) is 0 Å².